The number of carbonyl (C=O) groups excluding carboxylic acids is 2. The molecule has 1 atom stereocenters. The third kappa shape index (κ3) is 2.86. The van der Waals surface area contributed by atoms with Crippen molar-refractivity contribution in [1.82, 2.24) is 14.3 Å². The van der Waals surface area contributed by atoms with Crippen LogP contribution in [0.2, 0.25) is 0 Å². The fourth-order valence-corrected chi connectivity index (χ4v) is 5.56. The van der Waals surface area contributed by atoms with E-state index in [0.717, 1.165) is 51.6 Å². The average molecular weight is 453 g/mol. The van der Waals surface area contributed by atoms with Gasteiger partial charge in [-0.3, -0.25) is 14.9 Å². The van der Waals surface area contributed by atoms with Crippen LogP contribution in [-0.2, 0) is 29.5 Å². The summed E-state index contributed by atoms with van der Waals surface area (Å²) in [5.41, 5.74) is 6.60. The summed E-state index contributed by atoms with van der Waals surface area (Å²) in [5, 5.41) is 6.02. The van der Waals surface area contributed by atoms with Gasteiger partial charge in [-0.2, -0.15) is 0 Å². The number of thiocarbonyl (C=S) groups is 1. The number of carbonyl (C=O) groups is 2. The lowest BCUT2D eigenvalue weighted by atomic mass is 9.87. The van der Waals surface area contributed by atoms with Crippen LogP contribution in [-0.4, -0.2) is 32.0 Å². The Labute approximate surface area is 195 Å². The molecule has 4 heterocycles. The molecule has 33 heavy (non-hydrogen) atoms. The molecule has 6 nitrogen and oxygen atoms in total. The number of aliphatic imine (C=N–C) groups is 1. The minimum atomic E-state index is -0.361. The predicted octanol–water partition coefficient (Wildman–Crippen LogP) is 3.96. The molecule has 0 fully saturated rings. The van der Waals surface area contributed by atoms with Crippen LogP contribution >= 0.6 is 12.2 Å². The Balaban J connectivity index is 1.70. The summed E-state index contributed by atoms with van der Waals surface area (Å²) in [7, 11) is 1.95. The monoisotopic (exact) mass is 452 g/mol. The molecule has 6 rings (SSSR count). The van der Waals surface area contributed by atoms with Gasteiger partial charge in [-0.25, -0.2) is 4.99 Å². The summed E-state index contributed by atoms with van der Waals surface area (Å²) < 4.78 is 4.13. The maximum absolute atomic E-state index is 13.3. The molecule has 7 heteroatoms. The van der Waals surface area contributed by atoms with E-state index in [4.69, 9.17) is 12.2 Å². The highest BCUT2D eigenvalue weighted by molar-refractivity contribution is 7.78. The number of aromatic nitrogens is 2. The van der Waals surface area contributed by atoms with E-state index < -0.39 is 0 Å². The number of fused-ring (bicyclic) bond motifs is 4. The highest BCUT2D eigenvalue weighted by Crippen LogP contribution is 2.42. The smallest absolute Gasteiger partial charge is 0.259 e. The summed E-state index contributed by atoms with van der Waals surface area (Å²) in [5.74, 6) is -0.720. The van der Waals surface area contributed by atoms with Crippen LogP contribution in [0.4, 0.5) is 0 Å². The van der Waals surface area contributed by atoms with Crippen molar-refractivity contribution < 1.29 is 9.59 Å². The molecular formula is C26H20N4O2S. The van der Waals surface area contributed by atoms with Gasteiger partial charge in [-0.05, 0) is 55.2 Å². The highest BCUT2D eigenvalue weighted by atomic mass is 32.1. The van der Waals surface area contributed by atoms with E-state index in [0.29, 0.717) is 17.6 Å². The van der Waals surface area contributed by atoms with Crippen LogP contribution in [0.15, 0.2) is 59.9 Å². The number of aryl methyl sites for hydroxylation is 2. The third-order valence-corrected chi connectivity index (χ3v) is 6.90. The zero-order chi connectivity index (χ0) is 22.7. The average Bonchev–Trinajstić information content (AvgIpc) is 3.42. The van der Waals surface area contributed by atoms with Crippen LogP contribution < -0.4 is 5.32 Å². The number of rotatable bonds is 3. The number of nitrogens with zero attached hydrogens (tertiary/aromatic N) is 3. The Bertz CT molecular complexity index is 1580. The van der Waals surface area contributed by atoms with Gasteiger partial charge in [-0.15, -0.1) is 0 Å². The van der Waals surface area contributed by atoms with Gasteiger partial charge in [0.25, 0.3) is 11.8 Å². The Kier molecular flexibility index (Phi) is 4.43. The molecule has 1 aromatic carbocycles. The summed E-state index contributed by atoms with van der Waals surface area (Å²) in [6.45, 7) is 0. The number of para-hydroxylation sites is 1. The van der Waals surface area contributed by atoms with Crippen molar-refractivity contribution in [3.8, 4) is 0 Å². The van der Waals surface area contributed by atoms with Crippen molar-refractivity contribution in [3.05, 3.63) is 77.2 Å². The molecule has 1 aliphatic carbocycles. The highest BCUT2D eigenvalue weighted by Gasteiger charge is 2.38. The molecule has 0 radical (unpaired) electrons. The molecule has 1 N–H and O–H groups in total. The van der Waals surface area contributed by atoms with Crippen LogP contribution in [0.25, 0.3) is 27.6 Å². The molecule has 3 aromatic heterocycles. The van der Waals surface area contributed by atoms with Gasteiger partial charge in [0, 0.05) is 47.2 Å². The van der Waals surface area contributed by atoms with Gasteiger partial charge in [0.15, 0.2) is 0 Å². The quantitative estimate of drug-likeness (QED) is 0.291. The van der Waals surface area contributed by atoms with E-state index in [2.05, 4.69) is 19.9 Å². The second-order valence-corrected chi connectivity index (χ2v) is 8.76. The Hall–Kier alpha value is -3.80. The molecule has 0 saturated carbocycles. The first kappa shape index (κ1) is 19.9. The first-order chi connectivity index (χ1) is 16.1. The number of pyridine rings is 1. The van der Waals surface area contributed by atoms with Crippen LogP contribution in [0.1, 0.15) is 28.8 Å². The predicted molar refractivity (Wildman–Crippen MR) is 131 cm³/mol. The summed E-state index contributed by atoms with van der Waals surface area (Å²) in [6, 6.07) is 13.9. The van der Waals surface area contributed by atoms with E-state index >= 15 is 0 Å². The van der Waals surface area contributed by atoms with Crippen LogP contribution in [0.3, 0.4) is 0 Å². The minimum absolute atomic E-state index is 0.0212. The zero-order valence-electron chi connectivity index (χ0n) is 18.0. The lowest BCUT2D eigenvalue weighted by molar-refractivity contribution is -0.122. The van der Waals surface area contributed by atoms with Crippen LogP contribution in [0.5, 0.6) is 0 Å². The van der Waals surface area contributed by atoms with Gasteiger partial charge in [-0.1, -0.05) is 24.3 Å². The first-order valence-corrected chi connectivity index (χ1v) is 11.3. The fraction of sp³-hybridized carbons (Fsp3) is 0.192. The number of hydrogen-bond donors (Lipinski definition) is 1. The minimum Gasteiger partial charge on any atom is -0.350 e. The molecule has 1 unspecified atom stereocenters. The standard InChI is InChI=1S/C26H20N4O2S/c1-29-13-18(16-6-2-3-7-19(16)29)23-24(26(32)28-25(23)31)22-17-12-15(27-14-33)9-10-20(17)30-11-5-4-8-21(22)30/h2-8,11,13,15H,9-10,12H2,1H3,(H,28,31,32). The van der Waals surface area contributed by atoms with Crippen molar-refractivity contribution in [2.45, 2.75) is 25.3 Å². The van der Waals surface area contributed by atoms with E-state index in [1.165, 1.54) is 0 Å². The number of benzene rings is 1. The largest absolute Gasteiger partial charge is 0.350 e. The van der Waals surface area contributed by atoms with Crippen molar-refractivity contribution in [3.63, 3.8) is 0 Å². The van der Waals surface area contributed by atoms with Crippen LogP contribution in [0, 0.1) is 0 Å². The van der Waals surface area contributed by atoms with Gasteiger partial charge in [0.05, 0.1) is 27.9 Å². The van der Waals surface area contributed by atoms with E-state index in [1.807, 2.05) is 66.5 Å². The van der Waals surface area contributed by atoms with Gasteiger partial charge >= 0.3 is 0 Å². The number of amides is 2. The number of hydrogen-bond acceptors (Lipinski definition) is 4. The Morgan fingerprint density at radius 3 is 2.67 bits per heavy atom. The molecule has 0 bridgehead atoms. The lowest BCUT2D eigenvalue weighted by Gasteiger charge is -2.19. The van der Waals surface area contributed by atoms with Crippen molar-refractivity contribution in [2.24, 2.45) is 12.0 Å². The Morgan fingerprint density at radius 1 is 1.06 bits per heavy atom. The van der Waals surface area contributed by atoms with Gasteiger partial charge in [0.2, 0.25) is 0 Å². The molecule has 2 amide bonds. The summed E-state index contributed by atoms with van der Waals surface area (Å²) in [6.07, 6.45) is 6.30. The maximum Gasteiger partial charge on any atom is 0.259 e. The third-order valence-electron chi connectivity index (χ3n) is 6.79. The number of isothiocyanates is 1. The maximum atomic E-state index is 13.3. The topological polar surface area (TPSA) is 67.9 Å². The van der Waals surface area contributed by atoms with E-state index in [1.54, 1.807) is 0 Å². The fourth-order valence-electron chi connectivity index (χ4n) is 5.41. The van der Waals surface area contributed by atoms with E-state index in [9.17, 15) is 9.59 Å². The summed E-state index contributed by atoms with van der Waals surface area (Å²) >= 11 is 4.86. The van der Waals surface area contributed by atoms with E-state index in [-0.39, 0.29) is 17.9 Å². The second-order valence-electron chi connectivity index (χ2n) is 8.58. The normalized spacial score (nSPS) is 18.0. The number of nitrogens with one attached hydrogen (secondary N) is 1. The van der Waals surface area contributed by atoms with Crippen molar-refractivity contribution in [2.75, 3.05) is 0 Å². The number of imide groups is 1. The summed E-state index contributed by atoms with van der Waals surface area (Å²) in [4.78, 5) is 30.8. The SMILES string of the molecule is Cn1cc(C2=C(c3c4c(n5ccccc35)CCC(N=C=S)C4)C(=O)NC2=O)c2ccccc21. The molecule has 0 spiro atoms. The molecule has 2 aliphatic rings. The molecule has 1 aliphatic heterocycles. The molecule has 4 aromatic rings. The Morgan fingerprint density at radius 2 is 1.82 bits per heavy atom. The lowest BCUT2D eigenvalue weighted by Crippen LogP contribution is -2.23. The first-order valence-electron chi connectivity index (χ1n) is 10.9. The zero-order valence-corrected chi connectivity index (χ0v) is 18.8. The van der Waals surface area contributed by atoms with Crippen molar-refractivity contribution >= 4 is 56.8 Å². The second kappa shape index (κ2) is 7.37. The molecular weight excluding hydrogens is 432 g/mol. The molecule has 0 saturated heterocycles. The van der Waals surface area contributed by atoms with Gasteiger partial charge in [0.1, 0.15) is 0 Å². The van der Waals surface area contributed by atoms with Gasteiger partial charge < -0.3 is 8.97 Å². The van der Waals surface area contributed by atoms with Crippen molar-refractivity contribution in [1.29, 1.82) is 0 Å². The molecule has 162 valence electrons.